The molecule has 0 radical (unpaired) electrons. The number of rotatable bonds is 13. The van der Waals surface area contributed by atoms with Gasteiger partial charge in [0.05, 0.1) is 24.7 Å². The minimum atomic E-state index is -0.00815. The molecule has 0 saturated heterocycles. The van der Waals surface area contributed by atoms with E-state index in [1.165, 1.54) is 11.3 Å². The average Bonchev–Trinajstić information content (AvgIpc) is 3.18. The summed E-state index contributed by atoms with van der Waals surface area (Å²) in [5.74, 6) is 0.694. The van der Waals surface area contributed by atoms with Gasteiger partial charge in [-0.2, -0.15) is 0 Å². The first kappa shape index (κ1) is 22.1. The lowest BCUT2D eigenvalue weighted by Gasteiger charge is -2.24. The predicted octanol–water partition coefficient (Wildman–Crippen LogP) is 2.67. The van der Waals surface area contributed by atoms with E-state index in [0.717, 1.165) is 28.8 Å². The molecule has 0 atom stereocenters. The molecule has 0 spiro atoms. The van der Waals surface area contributed by atoms with Gasteiger partial charge in [-0.15, -0.1) is 11.3 Å². The SMILES string of the molecule is O=Cc1ccc(C=Cc2ccc(N(CCO)CCO)cc2OCCCCO)s1. The van der Waals surface area contributed by atoms with Gasteiger partial charge in [0, 0.05) is 41.9 Å². The highest BCUT2D eigenvalue weighted by Gasteiger charge is 2.10. The summed E-state index contributed by atoms with van der Waals surface area (Å²) in [5, 5.41) is 27.5. The Balaban J connectivity index is 2.24. The van der Waals surface area contributed by atoms with Crippen LogP contribution < -0.4 is 9.64 Å². The Morgan fingerprint density at radius 1 is 0.929 bits per heavy atom. The van der Waals surface area contributed by atoms with E-state index in [-0.39, 0.29) is 19.8 Å². The van der Waals surface area contributed by atoms with Crippen LogP contribution >= 0.6 is 11.3 Å². The van der Waals surface area contributed by atoms with E-state index >= 15 is 0 Å². The molecule has 1 aromatic heterocycles. The predicted molar refractivity (Wildman–Crippen MR) is 113 cm³/mol. The smallest absolute Gasteiger partial charge is 0.160 e. The highest BCUT2D eigenvalue weighted by molar-refractivity contribution is 7.14. The molecule has 3 N–H and O–H groups in total. The molecular weight excluding hydrogens is 378 g/mol. The van der Waals surface area contributed by atoms with E-state index in [4.69, 9.17) is 9.84 Å². The minimum Gasteiger partial charge on any atom is -0.493 e. The first-order valence-corrected chi connectivity index (χ1v) is 10.1. The number of aliphatic hydroxyl groups is 3. The quantitative estimate of drug-likeness (QED) is 0.351. The first-order chi connectivity index (χ1) is 13.7. The van der Waals surface area contributed by atoms with E-state index in [0.29, 0.717) is 36.7 Å². The van der Waals surface area contributed by atoms with Crippen molar-refractivity contribution < 1.29 is 24.9 Å². The van der Waals surface area contributed by atoms with Crippen molar-refractivity contribution in [2.45, 2.75) is 12.8 Å². The van der Waals surface area contributed by atoms with Crippen LogP contribution in [0.4, 0.5) is 5.69 Å². The number of carbonyl (C=O) groups excluding carboxylic acids is 1. The van der Waals surface area contributed by atoms with E-state index in [1.807, 2.05) is 41.3 Å². The molecule has 0 aliphatic carbocycles. The normalized spacial score (nSPS) is 11.1. The molecule has 7 heteroatoms. The zero-order chi connectivity index (χ0) is 20.2. The summed E-state index contributed by atoms with van der Waals surface area (Å²) in [6, 6.07) is 9.44. The van der Waals surface area contributed by atoms with Crippen LogP contribution in [0.3, 0.4) is 0 Å². The summed E-state index contributed by atoms with van der Waals surface area (Å²) in [5.41, 5.74) is 1.75. The van der Waals surface area contributed by atoms with E-state index in [9.17, 15) is 15.0 Å². The molecule has 152 valence electrons. The van der Waals surface area contributed by atoms with Gasteiger partial charge in [-0.05, 0) is 49.3 Å². The van der Waals surface area contributed by atoms with Crippen LogP contribution in [0.15, 0.2) is 30.3 Å². The van der Waals surface area contributed by atoms with E-state index < -0.39 is 0 Å². The minimum absolute atomic E-state index is 0.00815. The lowest BCUT2D eigenvalue weighted by molar-refractivity contribution is 0.112. The average molecular weight is 406 g/mol. The molecule has 2 rings (SSSR count). The Kier molecular flexibility index (Phi) is 9.71. The number of hydrogen-bond acceptors (Lipinski definition) is 7. The molecule has 1 aromatic carbocycles. The summed E-state index contributed by atoms with van der Waals surface area (Å²) in [7, 11) is 0. The lowest BCUT2D eigenvalue weighted by Crippen LogP contribution is -2.29. The molecule has 0 aliphatic heterocycles. The lowest BCUT2D eigenvalue weighted by atomic mass is 10.1. The fraction of sp³-hybridized carbons (Fsp3) is 0.381. The van der Waals surface area contributed by atoms with Crippen molar-refractivity contribution in [2.75, 3.05) is 44.4 Å². The van der Waals surface area contributed by atoms with Crippen LogP contribution in [0.2, 0.25) is 0 Å². The molecule has 0 saturated carbocycles. The third-order valence-corrected chi connectivity index (χ3v) is 5.08. The van der Waals surface area contributed by atoms with Gasteiger partial charge >= 0.3 is 0 Å². The topological polar surface area (TPSA) is 90.2 Å². The summed E-state index contributed by atoms with van der Waals surface area (Å²) in [6.07, 6.45) is 6.13. The van der Waals surface area contributed by atoms with Crippen LogP contribution in [-0.4, -0.2) is 61.1 Å². The van der Waals surface area contributed by atoms with Gasteiger partial charge in [0.25, 0.3) is 0 Å². The number of thiophene rings is 1. The third-order valence-electron chi connectivity index (χ3n) is 4.10. The monoisotopic (exact) mass is 405 g/mol. The molecule has 0 bridgehead atoms. The van der Waals surface area contributed by atoms with Crippen molar-refractivity contribution in [1.29, 1.82) is 0 Å². The van der Waals surface area contributed by atoms with Crippen LogP contribution in [0, 0.1) is 0 Å². The molecule has 0 amide bonds. The maximum Gasteiger partial charge on any atom is 0.160 e. The van der Waals surface area contributed by atoms with Crippen molar-refractivity contribution >= 4 is 35.5 Å². The Labute approximate surface area is 169 Å². The number of anilines is 1. The second-order valence-electron chi connectivity index (χ2n) is 6.13. The highest BCUT2D eigenvalue weighted by atomic mass is 32.1. The molecule has 0 aliphatic rings. The molecule has 1 heterocycles. The Hall–Kier alpha value is -2.19. The number of hydrogen-bond donors (Lipinski definition) is 3. The fourth-order valence-electron chi connectivity index (χ4n) is 2.68. The van der Waals surface area contributed by atoms with Crippen molar-refractivity contribution in [2.24, 2.45) is 0 Å². The maximum atomic E-state index is 10.8. The zero-order valence-corrected chi connectivity index (χ0v) is 16.6. The standard InChI is InChI=1S/C21H27NO5S/c23-11-1-2-14-27-21-15-18(22(9-12-24)10-13-25)5-3-17(21)4-6-19-7-8-20(16-26)28-19/h3-8,15-16,23-25H,1-2,9-14H2. The van der Waals surface area contributed by atoms with Crippen LogP contribution in [0.25, 0.3) is 12.2 Å². The largest absolute Gasteiger partial charge is 0.493 e. The number of carbonyl (C=O) groups is 1. The number of aliphatic hydroxyl groups excluding tert-OH is 3. The Morgan fingerprint density at radius 2 is 1.68 bits per heavy atom. The van der Waals surface area contributed by atoms with Gasteiger partial charge in [0.15, 0.2) is 6.29 Å². The first-order valence-electron chi connectivity index (χ1n) is 9.29. The summed E-state index contributed by atoms with van der Waals surface area (Å²) in [4.78, 5) is 14.4. The van der Waals surface area contributed by atoms with Gasteiger partial charge in [-0.3, -0.25) is 4.79 Å². The van der Waals surface area contributed by atoms with Gasteiger partial charge in [-0.25, -0.2) is 0 Å². The molecule has 6 nitrogen and oxygen atoms in total. The number of nitrogens with zero attached hydrogens (tertiary/aromatic N) is 1. The van der Waals surface area contributed by atoms with Crippen molar-refractivity contribution in [1.82, 2.24) is 0 Å². The number of unbranched alkanes of at least 4 members (excludes halogenated alkanes) is 1. The van der Waals surface area contributed by atoms with Gasteiger partial charge in [0.1, 0.15) is 5.75 Å². The van der Waals surface area contributed by atoms with Gasteiger partial charge < -0.3 is 25.0 Å². The number of benzene rings is 1. The van der Waals surface area contributed by atoms with Gasteiger partial charge in [0.2, 0.25) is 0 Å². The third kappa shape index (κ3) is 6.76. The molecule has 2 aromatic rings. The number of ether oxygens (including phenoxy) is 1. The molecule has 0 unspecified atom stereocenters. The summed E-state index contributed by atoms with van der Waals surface area (Å²) in [6.45, 7) is 1.44. The van der Waals surface area contributed by atoms with Crippen LogP contribution in [0.1, 0.15) is 33.0 Å². The molecular formula is C21H27NO5S. The fourth-order valence-corrected chi connectivity index (χ4v) is 3.41. The van der Waals surface area contributed by atoms with E-state index in [1.54, 1.807) is 6.07 Å². The van der Waals surface area contributed by atoms with E-state index in [2.05, 4.69) is 0 Å². The van der Waals surface area contributed by atoms with Crippen LogP contribution in [-0.2, 0) is 0 Å². The van der Waals surface area contributed by atoms with Crippen molar-refractivity contribution in [3.63, 3.8) is 0 Å². The number of aldehydes is 1. The van der Waals surface area contributed by atoms with Gasteiger partial charge in [-0.1, -0.05) is 0 Å². The summed E-state index contributed by atoms with van der Waals surface area (Å²) < 4.78 is 5.93. The highest BCUT2D eigenvalue weighted by Crippen LogP contribution is 2.28. The zero-order valence-electron chi connectivity index (χ0n) is 15.8. The second-order valence-corrected chi connectivity index (χ2v) is 7.27. The molecule has 0 fully saturated rings. The Morgan fingerprint density at radius 3 is 2.32 bits per heavy atom. The van der Waals surface area contributed by atoms with Crippen LogP contribution in [0.5, 0.6) is 5.75 Å². The maximum absolute atomic E-state index is 10.8. The van der Waals surface area contributed by atoms with Crippen molar-refractivity contribution in [3.8, 4) is 5.75 Å². The summed E-state index contributed by atoms with van der Waals surface area (Å²) >= 11 is 1.42. The Bertz CT molecular complexity index is 753. The second kappa shape index (κ2) is 12.3. The molecule has 28 heavy (non-hydrogen) atoms. The van der Waals surface area contributed by atoms with Crippen molar-refractivity contribution in [3.05, 3.63) is 45.6 Å².